The highest BCUT2D eigenvalue weighted by molar-refractivity contribution is 6.31. The Bertz CT molecular complexity index is 678. The lowest BCUT2D eigenvalue weighted by Gasteiger charge is -2.29. The van der Waals surface area contributed by atoms with Gasteiger partial charge in [-0.2, -0.15) is 0 Å². The van der Waals surface area contributed by atoms with Gasteiger partial charge in [0.05, 0.1) is 12.6 Å². The van der Waals surface area contributed by atoms with Crippen LogP contribution in [0.1, 0.15) is 37.3 Å². The first-order chi connectivity index (χ1) is 13.5. The summed E-state index contributed by atoms with van der Waals surface area (Å²) in [5, 5.41) is 3.84. The van der Waals surface area contributed by atoms with Crippen molar-refractivity contribution >= 4 is 23.4 Å². The van der Waals surface area contributed by atoms with Gasteiger partial charge in [-0.05, 0) is 51.0 Å². The van der Waals surface area contributed by atoms with E-state index in [-0.39, 0.29) is 17.9 Å². The first kappa shape index (κ1) is 21.1. The van der Waals surface area contributed by atoms with E-state index in [0.29, 0.717) is 32.6 Å². The molecule has 2 aliphatic rings. The van der Waals surface area contributed by atoms with Crippen LogP contribution in [0.25, 0.3) is 0 Å². The minimum Gasteiger partial charge on any atom is -0.353 e. The summed E-state index contributed by atoms with van der Waals surface area (Å²) in [5.41, 5.74) is 1.08. The normalized spacial score (nSPS) is 18.8. The molecule has 1 aromatic rings. The Morgan fingerprint density at radius 1 is 1.21 bits per heavy atom. The summed E-state index contributed by atoms with van der Waals surface area (Å²) in [6.45, 7) is 5.20. The molecule has 1 N–H and O–H groups in total. The summed E-state index contributed by atoms with van der Waals surface area (Å²) in [7, 11) is 1.92. The van der Waals surface area contributed by atoms with Gasteiger partial charge in [-0.15, -0.1) is 0 Å². The van der Waals surface area contributed by atoms with Crippen molar-refractivity contribution in [1.29, 1.82) is 0 Å². The van der Waals surface area contributed by atoms with Gasteiger partial charge < -0.3 is 10.2 Å². The summed E-state index contributed by atoms with van der Waals surface area (Å²) >= 11 is 6.43. The second-order valence-corrected chi connectivity index (χ2v) is 8.21. The number of likely N-dealkylation sites (tertiary alicyclic amines) is 2. The fourth-order valence-electron chi connectivity index (χ4n) is 4.06. The van der Waals surface area contributed by atoms with Crippen LogP contribution in [0.2, 0.25) is 5.02 Å². The van der Waals surface area contributed by atoms with Gasteiger partial charge in [0.15, 0.2) is 0 Å². The van der Waals surface area contributed by atoms with E-state index in [0.717, 1.165) is 36.6 Å². The predicted molar refractivity (Wildman–Crippen MR) is 111 cm³/mol. The highest BCUT2D eigenvalue weighted by Gasteiger charge is 2.26. The van der Waals surface area contributed by atoms with Gasteiger partial charge in [0, 0.05) is 37.6 Å². The zero-order valence-electron chi connectivity index (χ0n) is 16.7. The maximum Gasteiger partial charge on any atom is 0.234 e. The monoisotopic (exact) mass is 406 g/mol. The molecular weight excluding hydrogens is 376 g/mol. The van der Waals surface area contributed by atoms with Gasteiger partial charge in [0.2, 0.25) is 11.8 Å². The Morgan fingerprint density at radius 3 is 2.64 bits per heavy atom. The van der Waals surface area contributed by atoms with Gasteiger partial charge in [0.25, 0.3) is 0 Å². The van der Waals surface area contributed by atoms with Crippen molar-refractivity contribution in [1.82, 2.24) is 20.0 Å². The molecule has 1 atom stereocenters. The molecule has 0 aromatic heterocycles. The predicted octanol–water partition coefficient (Wildman–Crippen LogP) is 2.15. The highest BCUT2D eigenvalue weighted by atomic mass is 35.5. The molecule has 154 valence electrons. The molecule has 0 spiro atoms. The molecule has 0 aliphatic carbocycles. The summed E-state index contributed by atoms with van der Waals surface area (Å²) < 4.78 is 0. The third-order valence-corrected chi connectivity index (χ3v) is 6.02. The number of carbonyl (C=O) groups excluding carboxylic acids is 2. The van der Waals surface area contributed by atoms with E-state index in [9.17, 15) is 9.59 Å². The lowest BCUT2D eigenvalue weighted by atomic mass is 10.1. The zero-order chi connectivity index (χ0) is 19.9. The van der Waals surface area contributed by atoms with Crippen molar-refractivity contribution < 1.29 is 9.59 Å². The first-order valence-corrected chi connectivity index (χ1v) is 10.6. The number of benzene rings is 1. The third kappa shape index (κ3) is 5.69. The lowest BCUT2D eigenvalue weighted by Crippen LogP contribution is -2.42. The number of nitrogens with one attached hydrogen (secondary N) is 1. The topological polar surface area (TPSA) is 55.9 Å². The van der Waals surface area contributed by atoms with Crippen LogP contribution < -0.4 is 5.32 Å². The third-order valence-electron chi connectivity index (χ3n) is 5.67. The summed E-state index contributed by atoms with van der Waals surface area (Å²) in [5.74, 6) is 0.234. The van der Waals surface area contributed by atoms with E-state index in [1.807, 2.05) is 35.0 Å². The molecule has 3 rings (SSSR count). The highest BCUT2D eigenvalue weighted by Crippen LogP contribution is 2.29. The van der Waals surface area contributed by atoms with Crippen LogP contribution in [0.4, 0.5) is 0 Å². The molecule has 6 nitrogen and oxygen atoms in total. The lowest BCUT2D eigenvalue weighted by molar-refractivity contribution is -0.127. The fraction of sp³-hybridized carbons (Fsp3) is 0.619. The van der Waals surface area contributed by atoms with E-state index >= 15 is 0 Å². The molecule has 2 fully saturated rings. The smallest absolute Gasteiger partial charge is 0.234 e. The fourth-order valence-corrected chi connectivity index (χ4v) is 4.32. The van der Waals surface area contributed by atoms with Crippen molar-refractivity contribution in [3.63, 3.8) is 0 Å². The minimum absolute atomic E-state index is 0.00602. The second-order valence-electron chi connectivity index (χ2n) is 7.81. The van der Waals surface area contributed by atoms with E-state index in [1.165, 1.54) is 12.8 Å². The summed E-state index contributed by atoms with van der Waals surface area (Å²) in [6, 6.07) is 8.00. The maximum atomic E-state index is 12.5. The number of hydrogen-bond acceptors (Lipinski definition) is 4. The standard InChI is InChI=1S/C21H31ClN4O2/c1-24(13-14-26-12-6-9-21(26)28)16-20(27)23-15-19(25-10-4-5-11-25)17-7-2-3-8-18(17)22/h2-3,7-8,19H,4-6,9-16H2,1H3,(H,23,27)/t19-/m0/s1. The molecule has 2 aliphatic heterocycles. The number of hydrogen-bond donors (Lipinski definition) is 1. The van der Waals surface area contributed by atoms with Crippen LogP contribution in [0, 0.1) is 0 Å². The van der Waals surface area contributed by atoms with E-state index in [2.05, 4.69) is 16.3 Å². The summed E-state index contributed by atoms with van der Waals surface area (Å²) in [6.07, 6.45) is 3.98. The Balaban J connectivity index is 1.49. The molecule has 1 aromatic carbocycles. The Labute approximate surface area is 172 Å². The number of halogens is 1. The molecule has 0 radical (unpaired) electrons. The first-order valence-electron chi connectivity index (χ1n) is 10.3. The molecule has 0 saturated carbocycles. The summed E-state index contributed by atoms with van der Waals surface area (Å²) in [4.78, 5) is 30.4. The van der Waals surface area contributed by atoms with Crippen LogP contribution >= 0.6 is 11.6 Å². The molecule has 2 saturated heterocycles. The van der Waals surface area contributed by atoms with Crippen molar-refractivity contribution in [2.75, 3.05) is 52.9 Å². The largest absolute Gasteiger partial charge is 0.353 e. The van der Waals surface area contributed by atoms with Gasteiger partial charge in [0.1, 0.15) is 0 Å². The van der Waals surface area contributed by atoms with Gasteiger partial charge in [-0.25, -0.2) is 0 Å². The van der Waals surface area contributed by atoms with Crippen LogP contribution in [-0.2, 0) is 9.59 Å². The van der Waals surface area contributed by atoms with Crippen molar-refractivity contribution in [2.24, 2.45) is 0 Å². The van der Waals surface area contributed by atoms with E-state index in [1.54, 1.807) is 0 Å². The van der Waals surface area contributed by atoms with Crippen molar-refractivity contribution in [3.8, 4) is 0 Å². The number of likely N-dealkylation sites (N-methyl/N-ethyl adjacent to an activating group) is 1. The van der Waals surface area contributed by atoms with Crippen molar-refractivity contribution in [2.45, 2.75) is 31.7 Å². The van der Waals surface area contributed by atoms with Gasteiger partial charge in [-0.1, -0.05) is 29.8 Å². The van der Waals surface area contributed by atoms with Crippen LogP contribution in [-0.4, -0.2) is 79.4 Å². The number of amides is 2. The minimum atomic E-state index is 0.00602. The molecule has 2 amide bonds. The Hall–Kier alpha value is -1.63. The molecule has 7 heteroatoms. The number of nitrogens with zero attached hydrogens (tertiary/aromatic N) is 3. The molecule has 2 heterocycles. The second kappa shape index (κ2) is 10.2. The number of carbonyl (C=O) groups is 2. The van der Waals surface area contributed by atoms with Crippen molar-refractivity contribution in [3.05, 3.63) is 34.9 Å². The van der Waals surface area contributed by atoms with Crippen LogP contribution in [0.15, 0.2) is 24.3 Å². The average Bonchev–Trinajstić information content (AvgIpc) is 3.33. The van der Waals surface area contributed by atoms with Gasteiger partial charge in [-0.3, -0.25) is 19.4 Å². The van der Waals surface area contributed by atoms with Gasteiger partial charge >= 0.3 is 0 Å². The quantitative estimate of drug-likeness (QED) is 0.682. The number of rotatable bonds is 9. The Kier molecular flexibility index (Phi) is 7.71. The molecule has 0 unspecified atom stereocenters. The van der Waals surface area contributed by atoms with Crippen LogP contribution in [0.5, 0.6) is 0 Å². The zero-order valence-corrected chi connectivity index (χ0v) is 17.5. The molecular formula is C21H31ClN4O2. The maximum absolute atomic E-state index is 12.5. The van der Waals surface area contributed by atoms with E-state index < -0.39 is 0 Å². The molecule has 28 heavy (non-hydrogen) atoms. The average molecular weight is 407 g/mol. The Morgan fingerprint density at radius 2 is 1.96 bits per heavy atom. The SMILES string of the molecule is CN(CCN1CCCC1=O)CC(=O)NC[C@@H](c1ccccc1Cl)N1CCCC1. The molecule has 0 bridgehead atoms. The van der Waals surface area contributed by atoms with E-state index in [4.69, 9.17) is 11.6 Å². The van der Waals surface area contributed by atoms with Crippen LogP contribution in [0.3, 0.4) is 0 Å².